The van der Waals surface area contributed by atoms with E-state index in [4.69, 9.17) is 23.7 Å². The zero-order valence-corrected chi connectivity index (χ0v) is 27.1. The van der Waals surface area contributed by atoms with Crippen molar-refractivity contribution in [2.75, 3.05) is 32.3 Å². The van der Waals surface area contributed by atoms with Gasteiger partial charge in [0.2, 0.25) is 5.54 Å². The minimum atomic E-state index is -2.05. The van der Waals surface area contributed by atoms with Crippen LogP contribution in [-0.4, -0.2) is 62.5 Å². The molecule has 11 nitrogen and oxygen atoms in total. The van der Waals surface area contributed by atoms with Crippen LogP contribution >= 0.6 is 0 Å². The van der Waals surface area contributed by atoms with E-state index in [1.54, 1.807) is 62.4 Å². The van der Waals surface area contributed by atoms with Crippen molar-refractivity contribution in [2.24, 2.45) is 0 Å². The van der Waals surface area contributed by atoms with Crippen molar-refractivity contribution in [1.82, 2.24) is 5.32 Å². The molecule has 1 N–H and O–H groups in total. The summed E-state index contributed by atoms with van der Waals surface area (Å²) in [6.45, 7) is 9.16. The van der Waals surface area contributed by atoms with Gasteiger partial charge in [0, 0.05) is 5.69 Å². The summed E-state index contributed by atoms with van der Waals surface area (Å²) in [6.07, 6.45) is -0.805. The van der Waals surface area contributed by atoms with Crippen LogP contribution in [0.2, 0.25) is 0 Å². The lowest BCUT2D eigenvalue weighted by Gasteiger charge is -2.36. The van der Waals surface area contributed by atoms with Gasteiger partial charge in [-0.05, 0) is 94.3 Å². The van der Waals surface area contributed by atoms with E-state index >= 15 is 0 Å². The van der Waals surface area contributed by atoms with Crippen molar-refractivity contribution < 1.29 is 42.9 Å². The molecule has 0 aliphatic carbocycles. The largest absolute Gasteiger partial charge is 0.488 e. The maximum Gasteiger partial charge on any atom is 0.340 e. The number of esters is 4. The van der Waals surface area contributed by atoms with Crippen LogP contribution in [0.15, 0.2) is 72.8 Å². The molecule has 1 heterocycles. The number of nitrogens with one attached hydrogen (secondary N) is 1. The van der Waals surface area contributed by atoms with Crippen molar-refractivity contribution in [3.05, 3.63) is 95.1 Å². The first kappa shape index (κ1) is 34.0. The fraction of sp³-hybridized carbons (Fsp3) is 0.371. The third-order valence-electron chi connectivity index (χ3n) is 7.38. The number of nitrogens with zero attached hydrogens (tertiary/aromatic N) is 1. The van der Waals surface area contributed by atoms with Crippen molar-refractivity contribution in [1.29, 1.82) is 0 Å². The molecular weight excluding hydrogens is 592 g/mol. The highest BCUT2D eigenvalue weighted by atomic mass is 16.6. The first-order chi connectivity index (χ1) is 21.9. The van der Waals surface area contributed by atoms with E-state index in [-0.39, 0.29) is 13.2 Å². The molecule has 4 rings (SSSR count). The molecule has 1 saturated heterocycles. The van der Waals surface area contributed by atoms with Crippen LogP contribution < -0.4 is 15.0 Å². The summed E-state index contributed by atoms with van der Waals surface area (Å²) in [6, 6.07) is 19.4. The topological polar surface area (TPSA) is 130 Å². The highest BCUT2D eigenvalue weighted by molar-refractivity contribution is 6.07. The van der Waals surface area contributed by atoms with Gasteiger partial charge in [0.25, 0.3) is 0 Å². The number of rotatable bonds is 10. The number of ether oxygens (including phenoxy) is 5. The van der Waals surface area contributed by atoms with Gasteiger partial charge in [0.05, 0.1) is 44.6 Å². The minimum Gasteiger partial charge on any atom is -0.488 e. The number of carbonyl (C=O) groups excluding carboxylic acids is 4. The third-order valence-corrected chi connectivity index (χ3v) is 7.38. The molecule has 0 bridgehead atoms. The van der Waals surface area contributed by atoms with E-state index in [1.807, 2.05) is 49.9 Å². The summed E-state index contributed by atoms with van der Waals surface area (Å²) < 4.78 is 26.9. The molecular formula is C35H40N2O9. The minimum absolute atomic E-state index is 0.00694. The molecule has 0 aromatic heterocycles. The Bertz CT molecular complexity index is 1530. The predicted molar refractivity (Wildman–Crippen MR) is 169 cm³/mol. The van der Waals surface area contributed by atoms with E-state index in [1.165, 1.54) is 14.2 Å². The second-order valence-electron chi connectivity index (χ2n) is 11.5. The molecule has 0 spiro atoms. The summed E-state index contributed by atoms with van der Waals surface area (Å²) in [7, 11) is 2.58. The highest BCUT2D eigenvalue weighted by Crippen LogP contribution is 2.49. The molecule has 1 aliphatic heterocycles. The Morgan fingerprint density at radius 1 is 0.717 bits per heavy atom. The number of hydrogen-bond acceptors (Lipinski definition) is 11. The van der Waals surface area contributed by atoms with Crippen LogP contribution in [0.25, 0.3) is 0 Å². The van der Waals surface area contributed by atoms with Crippen molar-refractivity contribution >= 4 is 29.6 Å². The lowest BCUT2D eigenvalue weighted by molar-refractivity contribution is -0.166. The van der Waals surface area contributed by atoms with Crippen LogP contribution in [0, 0.1) is 0 Å². The number of benzene rings is 3. The molecule has 2 atom stereocenters. The van der Waals surface area contributed by atoms with Crippen molar-refractivity contribution in [2.45, 2.75) is 58.0 Å². The van der Waals surface area contributed by atoms with E-state index < -0.39 is 47.2 Å². The van der Waals surface area contributed by atoms with E-state index in [0.717, 1.165) is 0 Å². The molecule has 0 radical (unpaired) electrons. The van der Waals surface area contributed by atoms with Crippen molar-refractivity contribution in [3.8, 4) is 5.75 Å². The van der Waals surface area contributed by atoms with Gasteiger partial charge in [-0.2, -0.15) is 0 Å². The van der Waals surface area contributed by atoms with Gasteiger partial charge >= 0.3 is 23.9 Å². The second kappa shape index (κ2) is 14.0. The van der Waals surface area contributed by atoms with Crippen LogP contribution in [0.4, 0.5) is 5.69 Å². The molecule has 1 fully saturated rings. The first-order valence-electron chi connectivity index (χ1n) is 15.0. The highest BCUT2D eigenvalue weighted by Gasteiger charge is 2.64. The molecule has 3 aromatic carbocycles. The summed E-state index contributed by atoms with van der Waals surface area (Å²) >= 11 is 0. The summed E-state index contributed by atoms with van der Waals surface area (Å²) in [5, 5.41) is 3.29. The van der Waals surface area contributed by atoms with Gasteiger partial charge in [-0.3, -0.25) is 5.32 Å². The Morgan fingerprint density at radius 3 is 1.59 bits per heavy atom. The standard InChI is InChI=1S/C35H40N2O9/c1-8-44-32(40)35(33(41)45-9-2)28(22-10-14-24(15-11-22)30(38)42-6)37(26-18-20-27(21-19-26)46-34(3,4)5)29(36-35)23-12-16-25(17-13-23)31(39)43-7/h10-21,28-29,36H,8-9H2,1-7H3/t28-,29+/m0/s1. The van der Waals surface area contributed by atoms with Gasteiger partial charge in [-0.1, -0.05) is 24.3 Å². The maximum absolute atomic E-state index is 14.1. The fourth-order valence-corrected chi connectivity index (χ4v) is 5.47. The molecule has 0 amide bonds. The molecule has 0 saturated carbocycles. The summed E-state index contributed by atoms with van der Waals surface area (Å²) in [5.41, 5.74) is -0.0807. The lowest BCUT2D eigenvalue weighted by Crippen LogP contribution is -2.60. The van der Waals surface area contributed by atoms with Crippen LogP contribution in [-0.2, 0) is 28.5 Å². The second-order valence-corrected chi connectivity index (χ2v) is 11.5. The van der Waals surface area contributed by atoms with Gasteiger partial charge in [-0.25, -0.2) is 19.2 Å². The molecule has 1 aliphatic rings. The number of hydrogen-bond donors (Lipinski definition) is 1. The fourth-order valence-electron chi connectivity index (χ4n) is 5.47. The van der Waals surface area contributed by atoms with Crippen LogP contribution in [0.1, 0.15) is 78.7 Å². The van der Waals surface area contributed by atoms with E-state index in [2.05, 4.69) is 5.32 Å². The normalized spacial score (nSPS) is 17.2. The smallest absolute Gasteiger partial charge is 0.340 e. The van der Waals surface area contributed by atoms with E-state index in [0.29, 0.717) is 33.7 Å². The Hall–Kier alpha value is -4.90. The maximum atomic E-state index is 14.1. The van der Waals surface area contributed by atoms with Crippen molar-refractivity contribution in [3.63, 3.8) is 0 Å². The average molecular weight is 633 g/mol. The molecule has 3 aromatic rings. The van der Waals surface area contributed by atoms with Gasteiger partial charge in [-0.15, -0.1) is 0 Å². The monoisotopic (exact) mass is 632 g/mol. The quantitative estimate of drug-likeness (QED) is 0.181. The Labute approximate surface area is 268 Å². The number of carbonyl (C=O) groups is 4. The zero-order chi connectivity index (χ0) is 33.6. The van der Waals surface area contributed by atoms with E-state index in [9.17, 15) is 19.2 Å². The Balaban J connectivity index is 1.99. The number of methoxy groups -OCH3 is 2. The molecule has 46 heavy (non-hydrogen) atoms. The SMILES string of the molecule is CCOC(=O)C1(C(=O)OCC)N[C@@H](c2ccc(C(=O)OC)cc2)N(c2ccc(OC(C)(C)C)cc2)[C@H]1c1ccc(C(=O)OC)cc1. The predicted octanol–water partition coefficient (Wildman–Crippen LogP) is 5.15. The van der Waals surface area contributed by atoms with Gasteiger partial charge < -0.3 is 28.6 Å². The molecule has 0 unspecified atom stereocenters. The third kappa shape index (κ3) is 6.84. The Morgan fingerprint density at radius 2 is 1.17 bits per heavy atom. The zero-order valence-electron chi connectivity index (χ0n) is 27.1. The van der Waals surface area contributed by atoms with Crippen LogP contribution in [0.5, 0.6) is 5.75 Å². The average Bonchev–Trinajstić information content (AvgIpc) is 3.41. The van der Waals surface area contributed by atoms with Gasteiger partial charge in [0.15, 0.2) is 0 Å². The molecule has 244 valence electrons. The molecule has 11 heteroatoms. The Kier molecular flexibility index (Phi) is 10.4. The first-order valence-corrected chi connectivity index (χ1v) is 15.0. The van der Waals surface area contributed by atoms with Crippen LogP contribution in [0.3, 0.4) is 0 Å². The summed E-state index contributed by atoms with van der Waals surface area (Å²) in [4.78, 5) is 54.5. The lowest BCUT2D eigenvalue weighted by atomic mass is 9.85. The number of anilines is 1. The summed E-state index contributed by atoms with van der Waals surface area (Å²) in [5.74, 6) is -2.08. The van der Waals surface area contributed by atoms with Gasteiger partial charge in [0.1, 0.15) is 17.5 Å².